The van der Waals surface area contributed by atoms with Crippen LogP contribution in [0.15, 0.2) is 42.5 Å². The zero-order valence-electron chi connectivity index (χ0n) is 12.0. The molecule has 0 aliphatic carbocycles. The third kappa shape index (κ3) is 1.95. The second-order valence-corrected chi connectivity index (χ2v) is 5.72. The molecule has 0 amide bonds. The van der Waals surface area contributed by atoms with Gasteiger partial charge in [0.25, 0.3) is 0 Å². The molecule has 3 N–H and O–H groups in total. The molecule has 1 aliphatic heterocycles. The Labute approximate surface area is 123 Å². The van der Waals surface area contributed by atoms with Gasteiger partial charge >= 0.3 is 0 Å². The lowest BCUT2D eigenvalue weighted by molar-refractivity contribution is 0.485. The highest BCUT2D eigenvalue weighted by Gasteiger charge is 2.24. The van der Waals surface area contributed by atoms with Gasteiger partial charge in [0.1, 0.15) is 5.82 Å². The molecule has 2 heterocycles. The molecule has 1 atom stereocenters. The fourth-order valence-electron chi connectivity index (χ4n) is 3.16. The number of nitrogens with zero attached hydrogens (tertiary/aromatic N) is 2. The Hall–Kier alpha value is -2.49. The number of anilines is 2. The Balaban J connectivity index is 1.90. The van der Waals surface area contributed by atoms with Crippen LogP contribution in [0, 0.1) is 6.92 Å². The Kier molecular flexibility index (Phi) is 2.64. The molecule has 0 saturated carbocycles. The maximum absolute atomic E-state index is 5.92. The van der Waals surface area contributed by atoms with Crippen LogP contribution >= 0.6 is 0 Å². The fourth-order valence-corrected chi connectivity index (χ4v) is 3.16. The minimum absolute atomic E-state index is 0.287. The summed E-state index contributed by atoms with van der Waals surface area (Å²) < 4.78 is 2.11. The molecule has 21 heavy (non-hydrogen) atoms. The zero-order valence-corrected chi connectivity index (χ0v) is 12.0. The van der Waals surface area contributed by atoms with Crippen LogP contribution in [0.3, 0.4) is 0 Å². The lowest BCUT2D eigenvalue weighted by atomic mass is 10.0. The molecule has 4 heteroatoms. The number of benzene rings is 2. The molecule has 2 aromatic carbocycles. The first kappa shape index (κ1) is 12.3. The van der Waals surface area contributed by atoms with Gasteiger partial charge in [0, 0.05) is 17.6 Å². The second kappa shape index (κ2) is 4.52. The first-order valence-electron chi connectivity index (χ1n) is 7.30. The van der Waals surface area contributed by atoms with E-state index in [1.165, 1.54) is 11.1 Å². The van der Waals surface area contributed by atoms with Gasteiger partial charge in [0.2, 0.25) is 0 Å². The number of nitrogens with one attached hydrogen (secondary N) is 1. The van der Waals surface area contributed by atoms with Crippen molar-refractivity contribution in [3.05, 3.63) is 53.6 Å². The SMILES string of the molecule is Cc1cccc(C2CCNc3c4cc(N)ccc4nn32)c1. The molecule has 4 rings (SSSR count). The third-order valence-electron chi connectivity index (χ3n) is 4.15. The largest absolute Gasteiger partial charge is 0.399 e. The van der Waals surface area contributed by atoms with Gasteiger partial charge in [0.05, 0.1) is 11.6 Å². The van der Waals surface area contributed by atoms with Crippen LogP contribution in [0.2, 0.25) is 0 Å². The first-order chi connectivity index (χ1) is 10.2. The van der Waals surface area contributed by atoms with Crippen LogP contribution in [0.4, 0.5) is 11.5 Å². The van der Waals surface area contributed by atoms with Gasteiger partial charge in [-0.25, -0.2) is 4.68 Å². The van der Waals surface area contributed by atoms with E-state index in [2.05, 4.69) is 41.2 Å². The average Bonchev–Trinajstić information content (AvgIpc) is 2.85. The second-order valence-electron chi connectivity index (χ2n) is 5.72. The molecule has 1 aliphatic rings. The van der Waals surface area contributed by atoms with Crippen molar-refractivity contribution in [2.24, 2.45) is 0 Å². The van der Waals surface area contributed by atoms with Crippen LogP contribution < -0.4 is 11.1 Å². The van der Waals surface area contributed by atoms with E-state index in [9.17, 15) is 0 Å². The minimum Gasteiger partial charge on any atom is -0.399 e. The van der Waals surface area contributed by atoms with Gasteiger partial charge in [-0.15, -0.1) is 0 Å². The van der Waals surface area contributed by atoms with Crippen molar-refractivity contribution in [1.82, 2.24) is 9.78 Å². The van der Waals surface area contributed by atoms with Crippen molar-refractivity contribution in [1.29, 1.82) is 0 Å². The molecule has 4 nitrogen and oxygen atoms in total. The lowest BCUT2D eigenvalue weighted by Gasteiger charge is -2.26. The predicted molar refractivity (Wildman–Crippen MR) is 86.6 cm³/mol. The Morgan fingerprint density at radius 3 is 3.00 bits per heavy atom. The maximum Gasteiger partial charge on any atom is 0.133 e. The van der Waals surface area contributed by atoms with E-state index >= 15 is 0 Å². The quantitative estimate of drug-likeness (QED) is 0.671. The molecule has 1 unspecified atom stereocenters. The summed E-state index contributed by atoms with van der Waals surface area (Å²) in [5.41, 5.74) is 10.3. The van der Waals surface area contributed by atoms with E-state index in [0.717, 1.165) is 35.4 Å². The van der Waals surface area contributed by atoms with Gasteiger partial charge in [0.15, 0.2) is 0 Å². The maximum atomic E-state index is 5.92. The summed E-state index contributed by atoms with van der Waals surface area (Å²) in [6.07, 6.45) is 1.04. The van der Waals surface area contributed by atoms with Crippen LogP contribution in [0.5, 0.6) is 0 Å². The van der Waals surface area contributed by atoms with Crippen molar-refractivity contribution < 1.29 is 0 Å². The van der Waals surface area contributed by atoms with Crippen LogP contribution in [-0.2, 0) is 0 Å². The number of nitrogens with two attached hydrogens (primary N) is 1. The lowest BCUT2D eigenvalue weighted by Crippen LogP contribution is -2.24. The fraction of sp³-hybridized carbons (Fsp3) is 0.235. The number of aromatic nitrogens is 2. The monoisotopic (exact) mass is 278 g/mol. The summed E-state index contributed by atoms with van der Waals surface area (Å²) in [6.45, 7) is 3.08. The molecule has 106 valence electrons. The van der Waals surface area contributed by atoms with Crippen LogP contribution in [0.25, 0.3) is 10.9 Å². The minimum atomic E-state index is 0.287. The topological polar surface area (TPSA) is 55.9 Å². The zero-order chi connectivity index (χ0) is 14.4. The van der Waals surface area contributed by atoms with E-state index in [1.807, 2.05) is 18.2 Å². The van der Waals surface area contributed by atoms with Crippen molar-refractivity contribution in [3.63, 3.8) is 0 Å². The van der Waals surface area contributed by atoms with Crippen molar-refractivity contribution in [3.8, 4) is 0 Å². The first-order valence-corrected chi connectivity index (χ1v) is 7.30. The van der Waals surface area contributed by atoms with Crippen molar-refractivity contribution >= 4 is 22.4 Å². The third-order valence-corrected chi connectivity index (χ3v) is 4.15. The summed E-state index contributed by atoms with van der Waals surface area (Å²) in [7, 11) is 0. The molecule has 0 radical (unpaired) electrons. The van der Waals surface area contributed by atoms with Crippen LogP contribution in [0.1, 0.15) is 23.6 Å². The van der Waals surface area contributed by atoms with E-state index in [4.69, 9.17) is 10.8 Å². The number of rotatable bonds is 1. The number of nitrogen functional groups attached to an aromatic ring is 1. The van der Waals surface area contributed by atoms with Gasteiger partial charge < -0.3 is 11.1 Å². The van der Waals surface area contributed by atoms with Gasteiger partial charge in [-0.1, -0.05) is 29.8 Å². The number of hydrogen-bond acceptors (Lipinski definition) is 3. The van der Waals surface area contributed by atoms with Gasteiger partial charge in [-0.05, 0) is 37.1 Å². The van der Waals surface area contributed by atoms with Gasteiger partial charge in [-0.2, -0.15) is 5.10 Å². The molecule has 0 fully saturated rings. The molecular weight excluding hydrogens is 260 g/mol. The Morgan fingerprint density at radius 2 is 2.14 bits per heavy atom. The molecule has 0 spiro atoms. The summed E-state index contributed by atoms with van der Waals surface area (Å²) in [6, 6.07) is 14.9. The Morgan fingerprint density at radius 1 is 1.24 bits per heavy atom. The molecular formula is C17H18N4. The highest BCUT2D eigenvalue weighted by Crippen LogP contribution is 2.35. The van der Waals surface area contributed by atoms with E-state index in [-0.39, 0.29) is 6.04 Å². The summed E-state index contributed by atoms with van der Waals surface area (Å²) in [5.74, 6) is 1.08. The highest BCUT2D eigenvalue weighted by atomic mass is 15.4. The smallest absolute Gasteiger partial charge is 0.133 e. The standard InChI is InChI=1S/C17H18N4/c1-11-3-2-4-12(9-11)16-7-8-19-17-14-10-13(18)5-6-15(14)20-21(16)17/h2-6,9-10,16,19H,7-8,18H2,1H3. The van der Waals surface area contributed by atoms with Gasteiger partial charge in [-0.3, -0.25) is 0 Å². The normalized spacial score (nSPS) is 17.5. The average molecular weight is 278 g/mol. The Bertz CT molecular complexity index is 819. The number of hydrogen-bond donors (Lipinski definition) is 2. The summed E-state index contributed by atoms with van der Waals surface area (Å²) >= 11 is 0. The molecule has 0 bridgehead atoms. The van der Waals surface area contributed by atoms with Crippen molar-refractivity contribution in [2.45, 2.75) is 19.4 Å². The highest BCUT2D eigenvalue weighted by molar-refractivity contribution is 5.92. The summed E-state index contributed by atoms with van der Waals surface area (Å²) in [5, 5.41) is 9.36. The number of fused-ring (bicyclic) bond motifs is 3. The number of aryl methyl sites for hydroxylation is 1. The van der Waals surface area contributed by atoms with Crippen molar-refractivity contribution in [2.75, 3.05) is 17.6 Å². The van der Waals surface area contributed by atoms with E-state index in [0.29, 0.717) is 0 Å². The van der Waals surface area contributed by atoms with E-state index in [1.54, 1.807) is 0 Å². The molecule has 3 aromatic rings. The molecule has 0 saturated heterocycles. The van der Waals surface area contributed by atoms with E-state index < -0.39 is 0 Å². The predicted octanol–water partition coefficient (Wildman–Crippen LogP) is 3.33. The molecule has 1 aromatic heterocycles. The summed E-state index contributed by atoms with van der Waals surface area (Å²) in [4.78, 5) is 0. The van der Waals surface area contributed by atoms with Crippen LogP contribution in [-0.4, -0.2) is 16.3 Å².